The van der Waals surface area contributed by atoms with Gasteiger partial charge < -0.3 is 4.74 Å². The Bertz CT molecular complexity index is 808. The molecule has 0 radical (unpaired) electrons. The van der Waals surface area contributed by atoms with Crippen molar-refractivity contribution in [1.82, 2.24) is 10.2 Å². The number of nitrogens with zero attached hydrogens (tertiary/aromatic N) is 1. The third-order valence-corrected chi connectivity index (χ3v) is 4.23. The number of para-hydroxylation sites is 1. The maximum absolute atomic E-state index is 6.24. The number of halogens is 1. The predicted octanol–water partition coefficient (Wildman–Crippen LogP) is 5.23. The van der Waals surface area contributed by atoms with Gasteiger partial charge in [-0.3, -0.25) is 5.10 Å². The second-order valence-corrected chi connectivity index (χ2v) is 6.21. The van der Waals surface area contributed by atoms with E-state index in [1.54, 1.807) is 0 Å². The quantitative estimate of drug-likeness (QED) is 0.716. The average Bonchev–Trinajstić information content (AvgIpc) is 2.91. The number of aryl methyl sites for hydroxylation is 1. The van der Waals surface area contributed by atoms with Crippen molar-refractivity contribution in [3.05, 3.63) is 58.2 Å². The summed E-state index contributed by atoms with van der Waals surface area (Å²) in [5.41, 5.74) is 4.09. The number of nitrogens with one attached hydrogen (secondary N) is 1. The Morgan fingerprint density at radius 3 is 2.77 bits per heavy atom. The van der Waals surface area contributed by atoms with Crippen molar-refractivity contribution in [1.29, 1.82) is 0 Å². The molecule has 4 heteroatoms. The van der Waals surface area contributed by atoms with Gasteiger partial charge in [-0.2, -0.15) is 5.10 Å². The summed E-state index contributed by atoms with van der Waals surface area (Å²) in [5.74, 6) is 1.24. The molecular weight excluding hydrogens is 296 g/mol. The van der Waals surface area contributed by atoms with E-state index in [2.05, 4.69) is 24.0 Å². The van der Waals surface area contributed by atoms with Gasteiger partial charge in [0.15, 0.2) is 0 Å². The highest BCUT2D eigenvalue weighted by Crippen LogP contribution is 2.32. The maximum atomic E-state index is 6.24. The van der Waals surface area contributed by atoms with Gasteiger partial charge >= 0.3 is 0 Å². The van der Waals surface area contributed by atoms with Gasteiger partial charge in [0.05, 0.1) is 11.2 Å². The van der Waals surface area contributed by atoms with E-state index in [4.69, 9.17) is 16.3 Å². The van der Waals surface area contributed by atoms with Crippen molar-refractivity contribution in [2.75, 3.05) is 0 Å². The topological polar surface area (TPSA) is 37.9 Å². The monoisotopic (exact) mass is 314 g/mol. The Labute approximate surface area is 135 Å². The van der Waals surface area contributed by atoms with Crippen LogP contribution in [0.5, 0.6) is 5.75 Å². The molecule has 22 heavy (non-hydrogen) atoms. The molecule has 0 bridgehead atoms. The predicted molar refractivity (Wildman–Crippen MR) is 90.7 cm³/mol. The van der Waals surface area contributed by atoms with Crippen LogP contribution < -0.4 is 4.74 Å². The Morgan fingerprint density at radius 1 is 1.23 bits per heavy atom. The first-order chi connectivity index (χ1) is 10.6. The summed E-state index contributed by atoms with van der Waals surface area (Å²) >= 11 is 6.24. The van der Waals surface area contributed by atoms with Gasteiger partial charge in [-0.05, 0) is 42.2 Å². The molecule has 3 rings (SSSR count). The van der Waals surface area contributed by atoms with Crippen LogP contribution in [0.15, 0.2) is 36.4 Å². The van der Waals surface area contributed by atoms with Crippen LogP contribution in [0.4, 0.5) is 0 Å². The molecule has 0 saturated carbocycles. The van der Waals surface area contributed by atoms with Gasteiger partial charge in [-0.25, -0.2) is 0 Å². The van der Waals surface area contributed by atoms with Crippen molar-refractivity contribution >= 4 is 22.5 Å². The number of aromatic nitrogens is 2. The average molecular weight is 315 g/mol. The van der Waals surface area contributed by atoms with Crippen LogP contribution in [0, 0.1) is 6.92 Å². The van der Waals surface area contributed by atoms with Crippen molar-refractivity contribution < 1.29 is 4.74 Å². The molecule has 1 N–H and O–H groups in total. The van der Waals surface area contributed by atoms with Gasteiger partial charge in [-0.1, -0.05) is 43.6 Å². The standard InChI is InChI=1S/C18H19ClN2O/c1-11(2)14-9-15(19)12(3)8-18(14)22-10-17-13-6-4-5-7-16(13)20-21-17/h4-9,11H,10H2,1-3H3,(H,20,21). The molecule has 2 aromatic carbocycles. The molecule has 0 aliphatic rings. The smallest absolute Gasteiger partial charge is 0.130 e. The lowest BCUT2D eigenvalue weighted by atomic mass is 10.0. The summed E-state index contributed by atoms with van der Waals surface area (Å²) in [4.78, 5) is 0. The Balaban J connectivity index is 1.89. The third kappa shape index (κ3) is 2.81. The molecule has 0 saturated heterocycles. The zero-order chi connectivity index (χ0) is 15.7. The first-order valence-corrected chi connectivity index (χ1v) is 7.79. The summed E-state index contributed by atoms with van der Waals surface area (Å²) in [6, 6.07) is 12.0. The normalized spacial score (nSPS) is 11.3. The second kappa shape index (κ2) is 6.01. The summed E-state index contributed by atoms with van der Waals surface area (Å²) < 4.78 is 6.06. The Kier molecular flexibility index (Phi) is 4.08. The highest BCUT2D eigenvalue weighted by molar-refractivity contribution is 6.31. The molecule has 114 valence electrons. The summed E-state index contributed by atoms with van der Waals surface area (Å²) in [5, 5.41) is 9.23. The van der Waals surface area contributed by atoms with Gasteiger partial charge in [0, 0.05) is 10.4 Å². The second-order valence-electron chi connectivity index (χ2n) is 5.80. The minimum Gasteiger partial charge on any atom is -0.487 e. The van der Waals surface area contributed by atoms with Gasteiger partial charge in [0.25, 0.3) is 0 Å². The fourth-order valence-electron chi connectivity index (χ4n) is 2.52. The maximum Gasteiger partial charge on any atom is 0.130 e. The summed E-state index contributed by atoms with van der Waals surface area (Å²) in [6.07, 6.45) is 0. The molecular formula is C18H19ClN2O. The SMILES string of the molecule is Cc1cc(OCc2[nH]nc3ccccc23)c(C(C)C)cc1Cl. The molecule has 0 aliphatic carbocycles. The molecule has 0 atom stereocenters. The Morgan fingerprint density at radius 2 is 2.00 bits per heavy atom. The number of hydrogen-bond acceptors (Lipinski definition) is 2. The van der Waals surface area contributed by atoms with Crippen LogP contribution in [0.25, 0.3) is 10.9 Å². The molecule has 0 aliphatic heterocycles. The van der Waals surface area contributed by atoms with E-state index in [-0.39, 0.29) is 0 Å². The van der Waals surface area contributed by atoms with E-state index in [1.807, 2.05) is 43.3 Å². The molecule has 1 heterocycles. The number of hydrogen-bond donors (Lipinski definition) is 1. The molecule has 1 aromatic heterocycles. The van der Waals surface area contributed by atoms with Crippen LogP contribution in [-0.2, 0) is 6.61 Å². The number of benzene rings is 2. The zero-order valence-electron chi connectivity index (χ0n) is 13.0. The largest absolute Gasteiger partial charge is 0.487 e. The van der Waals surface area contributed by atoms with Gasteiger partial charge in [0.2, 0.25) is 0 Å². The number of ether oxygens (including phenoxy) is 1. The molecule has 0 unspecified atom stereocenters. The van der Waals surface area contributed by atoms with E-state index < -0.39 is 0 Å². The first kappa shape index (κ1) is 14.9. The lowest BCUT2D eigenvalue weighted by Crippen LogP contribution is -2.01. The fraction of sp³-hybridized carbons (Fsp3) is 0.278. The number of H-pyrrole nitrogens is 1. The fourth-order valence-corrected chi connectivity index (χ4v) is 2.69. The molecule has 3 nitrogen and oxygen atoms in total. The zero-order valence-corrected chi connectivity index (χ0v) is 13.7. The Hall–Kier alpha value is -2.00. The van der Waals surface area contributed by atoms with Crippen LogP contribution in [0.1, 0.15) is 36.6 Å². The van der Waals surface area contributed by atoms with E-state index in [9.17, 15) is 0 Å². The molecule has 0 spiro atoms. The number of rotatable bonds is 4. The summed E-state index contributed by atoms with van der Waals surface area (Å²) in [6.45, 7) is 6.73. The van der Waals surface area contributed by atoms with Crippen LogP contribution in [-0.4, -0.2) is 10.2 Å². The van der Waals surface area contributed by atoms with E-state index in [0.717, 1.165) is 38.5 Å². The summed E-state index contributed by atoms with van der Waals surface area (Å²) in [7, 11) is 0. The first-order valence-electron chi connectivity index (χ1n) is 7.41. The minimum absolute atomic E-state index is 0.353. The third-order valence-electron chi connectivity index (χ3n) is 3.83. The molecule has 0 fully saturated rings. The van der Waals surface area contributed by atoms with Crippen molar-refractivity contribution in [3.63, 3.8) is 0 Å². The highest BCUT2D eigenvalue weighted by Gasteiger charge is 2.12. The van der Waals surface area contributed by atoms with Crippen molar-refractivity contribution in [2.45, 2.75) is 33.3 Å². The van der Waals surface area contributed by atoms with E-state index in [0.29, 0.717) is 12.5 Å². The number of fused-ring (bicyclic) bond motifs is 1. The van der Waals surface area contributed by atoms with Crippen LogP contribution in [0.2, 0.25) is 5.02 Å². The lowest BCUT2D eigenvalue weighted by Gasteiger charge is -2.15. The number of aromatic amines is 1. The lowest BCUT2D eigenvalue weighted by molar-refractivity contribution is 0.298. The van der Waals surface area contributed by atoms with E-state index in [1.165, 1.54) is 0 Å². The van der Waals surface area contributed by atoms with Crippen LogP contribution >= 0.6 is 11.6 Å². The van der Waals surface area contributed by atoms with Gasteiger partial charge in [-0.15, -0.1) is 0 Å². The van der Waals surface area contributed by atoms with E-state index >= 15 is 0 Å². The molecule has 3 aromatic rings. The van der Waals surface area contributed by atoms with Crippen LogP contribution in [0.3, 0.4) is 0 Å². The highest BCUT2D eigenvalue weighted by atomic mass is 35.5. The van der Waals surface area contributed by atoms with Crippen molar-refractivity contribution in [2.24, 2.45) is 0 Å². The van der Waals surface area contributed by atoms with Gasteiger partial charge in [0.1, 0.15) is 12.4 Å². The van der Waals surface area contributed by atoms with Crippen molar-refractivity contribution in [3.8, 4) is 5.75 Å². The molecule has 0 amide bonds. The minimum atomic E-state index is 0.353.